The molecule has 0 aromatic rings. The number of esters is 1. The Labute approximate surface area is 85.4 Å². The molecule has 0 atom stereocenters. The summed E-state index contributed by atoms with van der Waals surface area (Å²) in [5.74, 6) is -0.0127. The molecule has 2 aliphatic rings. The first-order valence-corrected chi connectivity index (χ1v) is 5.67. The van der Waals surface area contributed by atoms with Crippen molar-refractivity contribution < 1.29 is 9.53 Å². The van der Waals surface area contributed by atoms with Gasteiger partial charge in [0, 0.05) is 5.54 Å². The van der Waals surface area contributed by atoms with Gasteiger partial charge in [0.05, 0.1) is 13.0 Å². The highest BCUT2D eigenvalue weighted by Gasteiger charge is 2.45. The van der Waals surface area contributed by atoms with Gasteiger partial charge in [-0.2, -0.15) is 0 Å². The maximum absolute atomic E-state index is 11.5. The minimum absolute atomic E-state index is 0.0127. The molecule has 2 fully saturated rings. The van der Waals surface area contributed by atoms with Crippen LogP contribution in [0.4, 0.5) is 0 Å². The third-order valence-corrected chi connectivity index (χ3v) is 3.59. The van der Waals surface area contributed by atoms with Crippen LogP contribution in [0.25, 0.3) is 0 Å². The van der Waals surface area contributed by atoms with Crippen LogP contribution in [-0.4, -0.2) is 36.1 Å². The van der Waals surface area contributed by atoms with Gasteiger partial charge in [0.1, 0.15) is 0 Å². The maximum atomic E-state index is 11.5. The maximum Gasteiger partial charge on any atom is 0.307 e. The predicted molar refractivity (Wildman–Crippen MR) is 54.0 cm³/mol. The Kier molecular flexibility index (Phi) is 2.77. The Hall–Kier alpha value is -0.570. The standard InChI is InChI=1S/C11H19NO2/c1-2-14-10(13)9-11-5-3-7-12(11)8-4-6-11/h2-9H2,1H3. The lowest BCUT2D eigenvalue weighted by Crippen LogP contribution is -2.40. The molecule has 0 amide bonds. The molecule has 0 spiro atoms. The number of ether oxygens (including phenoxy) is 1. The van der Waals surface area contributed by atoms with Crippen LogP contribution in [0, 0.1) is 0 Å². The first-order valence-electron chi connectivity index (χ1n) is 5.67. The van der Waals surface area contributed by atoms with Crippen molar-refractivity contribution in [2.45, 2.75) is 44.6 Å². The summed E-state index contributed by atoms with van der Waals surface area (Å²) in [5.41, 5.74) is 0.187. The molecule has 2 aliphatic heterocycles. The zero-order chi connectivity index (χ0) is 10.0. The Balaban J connectivity index is 1.97. The van der Waals surface area contributed by atoms with E-state index < -0.39 is 0 Å². The highest BCUT2D eigenvalue weighted by atomic mass is 16.5. The van der Waals surface area contributed by atoms with Gasteiger partial charge < -0.3 is 4.74 Å². The van der Waals surface area contributed by atoms with E-state index in [0.29, 0.717) is 13.0 Å². The van der Waals surface area contributed by atoms with Gasteiger partial charge >= 0.3 is 5.97 Å². The van der Waals surface area contributed by atoms with Crippen LogP contribution in [0.15, 0.2) is 0 Å². The molecule has 0 bridgehead atoms. The number of fused-ring (bicyclic) bond motifs is 1. The minimum atomic E-state index is -0.0127. The largest absolute Gasteiger partial charge is 0.466 e. The molecule has 3 nitrogen and oxygen atoms in total. The highest BCUT2D eigenvalue weighted by molar-refractivity contribution is 5.71. The van der Waals surface area contributed by atoms with Gasteiger partial charge in [-0.1, -0.05) is 0 Å². The Morgan fingerprint density at radius 1 is 1.36 bits per heavy atom. The highest BCUT2D eigenvalue weighted by Crippen LogP contribution is 2.41. The van der Waals surface area contributed by atoms with E-state index >= 15 is 0 Å². The molecule has 0 unspecified atom stereocenters. The number of nitrogens with zero attached hydrogens (tertiary/aromatic N) is 1. The summed E-state index contributed by atoms with van der Waals surface area (Å²) in [5, 5.41) is 0. The zero-order valence-corrected chi connectivity index (χ0v) is 8.92. The van der Waals surface area contributed by atoms with E-state index in [0.717, 1.165) is 0 Å². The summed E-state index contributed by atoms with van der Waals surface area (Å²) in [6.07, 6.45) is 5.48. The second-order valence-electron chi connectivity index (χ2n) is 4.40. The first-order chi connectivity index (χ1) is 6.77. The normalized spacial score (nSPS) is 24.9. The summed E-state index contributed by atoms with van der Waals surface area (Å²) >= 11 is 0. The number of carbonyl (C=O) groups excluding carboxylic acids is 1. The van der Waals surface area contributed by atoms with Gasteiger partial charge in [0.25, 0.3) is 0 Å². The summed E-state index contributed by atoms with van der Waals surface area (Å²) in [7, 11) is 0. The smallest absolute Gasteiger partial charge is 0.307 e. The zero-order valence-electron chi connectivity index (χ0n) is 8.92. The molecular weight excluding hydrogens is 178 g/mol. The number of hydrogen-bond acceptors (Lipinski definition) is 3. The molecule has 0 radical (unpaired) electrons. The summed E-state index contributed by atoms with van der Waals surface area (Å²) in [6, 6.07) is 0. The average Bonchev–Trinajstić information content (AvgIpc) is 2.62. The molecule has 0 saturated carbocycles. The van der Waals surface area contributed by atoms with E-state index in [2.05, 4.69) is 4.90 Å². The van der Waals surface area contributed by atoms with E-state index in [1.54, 1.807) is 0 Å². The predicted octanol–water partition coefficient (Wildman–Crippen LogP) is 1.57. The van der Waals surface area contributed by atoms with Gasteiger partial charge in [-0.25, -0.2) is 0 Å². The van der Waals surface area contributed by atoms with Crippen molar-refractivity contribution in [1.29, 1.82) is 0 Å². The lowest BCUT2D eigenvalue weighted by molar-refractivity contribution is -0.145. The SMILES string of the molecule is CCOC(=O)CC12CCCN1CCC2. The van der Waals surface area contributed by atoms with Crippen molar-refractivity contribution in [3.8, 4) is 0 Å². The second-order valence-corrected chi connectivity index (χ2v) is 4.40. The minimum Gasteiger partial charge on any atom is -0.466 e. The third kappa shape index (κ3) is 1.65. The summed E-state index contributed by atoms with van der Waals surface area (Å²) in [6.45, 7) is 4.74. The van der Waals surface area contributed by atoms with Crippen molar-refractivity contribution in [1.82, 2.24) is 4.90 Å². The van der Waals surface area contributed by atoms with Crippen LogP contribution in [0.1, 0.15) is 39.0 Å². The average molecular weight is 197 g/mol. The van der Waals surface area contributed by atoms with Crippen LogP contribution in [0.5, 0.6) is 0 Å². The fourth-order valence-corrected chi connectivity index (χ4v) is 2.99. The van der Waals surface area contributed by atoms with Gasteiger partial charge in [0.2, 0.25) is 0 Å². The van der Waals surface area contributed by atoms with Crippen LogP contribution in [-0.2, 0) is 9.53 Å². The molecule has 0 aromatic heterocycles. The molecule has 2 rings (SSSR count). The summed E-state index contributed by atoms with van der Waals surface area (Å²) < 4.78 is 5.04. The Morgan fingerprint density at radius 3 is 2.57 bits per heavy atom. The molecule has 2 heterocycles. The van der Waals surface area contributed by atoms with E-state index in [-0.39, 0.29) is 11.5 Å². The fourth-order valence-electron chi connectivity index (χ4n) is 2.99. The number of rotatable bonds is 3. The fraction of sp³-hybridized carbons (Fsp3) is 0.909. The van der Waals surface area contributed by atoms with Crippen LogP contribution < -0.4 is 0 Å². The van der Waals surface area contributed by atoms with Crippen LogP contribution in [0.3, 0.4) is 0 Å². The quantitative estimate of drug-likeness (QED) is 0.643. The van der Waals surface area contributed by atoms with Crippen LogP contribution >= 0.6 is 0 Å². The Bertz CT molecular complexity index is 217. The van der Waals surface area contributed by atoms with E-state index in [4.69, 9.17) is 4.74 Å². The number of carbonyl (C=O) groups is 1. The lowest BCUT2D eigenvalue weighted by Gasteiger charge is -2.30. The van der Waals surface area contributed by atoms with Gasteiger partial charge in [-0.3, -0.25) is 9.69 Å². The topological polar surface area (TPSA) is 29.5 Å². The summed E-state index contributed by atoms with van der Waals surface area (Å²) in [4.78, 5) is 14.0. The molecule has 80 valence electrons. The van der Waals surface area contributed by atoms with Crippen molar-refractivity contribution in [3.63, 3.8) is 0 Å². The molecule has 0 N–H and O–H groups in total. The van der Waals surface area contributed by atoms with E-state index in [1.165, 1.54) is 38.8 Å². The Morgan fingerprint density at radius 2 is 2.00 bits per heavy atom. The molecule has 14 heavy (non-hydrogen) atoms. The molecular formula is C11H19NO2. The van der Waals surface area contributed by atoms with E-state index in [1.807, 2.05) is 6.92 Å². The first kappa shape index (κ1) is 9.97. The molecule has 0 aromatic carbocycles. The van der Waals surface area contributed by atoms with Crippen molar-refractivity contribution in [2.24, 2.45) is 0 Å². The van der Waals surface area contributed by atoms with Crippen molar-refractivity contribution in [2.75, 3.05) is 19.7 Å². The van der Waals surface area contributed by atoms with E-state index in [9.17, 15) is 4.79 Å². The molecule has 0 aliphatic carbocycles. The van der Waals surface area contributed by atoms with Gasteiger partial charge in [0.15, 0.2) is 0 Å². The third-order valence-electron chi connectivity index (χ3n) is 3.59. The van der Waals surface area contributed by atoms with Crippen molar-refractivity contribution >= 4 is 5.97 Å². The monoisotopic (exact) mass is 197 g/mol. The van der Waals surface area contributed by atoms with Gasteiger partial charge in [-0.15, -0.1) is 0 Å². The van der Waals surface area contributed by atoms with Crippen LogP contribution in [0.2, 0.25) is 0 Å². The molecule has 3 heteroatoms. The number of hydrogen-bond donors (Lipinski definition) is 0. The van der Waals surface area contributed by atoms with Gasteiger partial charge in [-0.05, 0) is 45.7 Å². The molecule has 2 saturated heterocycles. The lowest BCUT2D eigenvalue weighted by atomic mass is 9.90. The van der Waals surface area contributed by atoms with Crippen molar-refractivity contribution in [3.05, 3.63) is 0 Å². The second kappa shape index (κ2) is 3.89.